The van der Waals surface area contributed by atoms with Crippen LogP contribution in [-0.4, -0.2) is 39.1 Å². The third-order valence-electron chi connectivity index (χ3n) is 3.69. The fourth-order valence-corrected chi connectivity index (χ4v) is 2.68. The molecule has 2 N–H and O–H groups in total. The number of carbonyl (C=O) groups excluding carboxylic acids is 1. The van der Waals surface area contributed by atoms with E-state index in [0.717, 1.165) is 31.5 Å². The smallest absolute Gasteiger partial charge is 0.238 e. The number of hydrogen-bond acceptors (Lipinski definition) is 4. The molecule has 1 saturated heterocycles. The number of benzene rings is 1. The van der Waals surface area contributed by atoms with Crippen LogP contribution in [0.2, 0.25) is 0 Å². The van der Waals surface area contributed by atoms with Gasteiger partial charge in [0.2, 0.25) is 5.91 Å². The van der Waals surface area contributed by atoms with Gasteiger partial charge in [0.1, 0.15) is 29.5 Å². The van der Waals surface area contributed by atoms with Gasteiger partial charge in [-0.05, 0) is 31.5 Å². The van der Waals surface area contributed by atoms with Crippen LogP contribution in [-0.2, 0) is 4.79 Å². The first-order valence-corrected chi connectivity index (χ1v) is 6.98. The minimum atomic E-state index is -0.790. The molecule has 1 aromatic heterocycles. The van der Waals surface area contributed by atoms with E-state index in [9.17, 15) is 13.6 Å². The number of H-pyrrole nitrogens is 1. The van der Waals surface area contributed by atoms with Gasteiger partial charge >= 0.3 is 0 Å². The van der Waals surface area contributed by atoms with E-state index in [1.165, 1.54) is 12.4 Å². The molecule has 2 heterocycles. The second-order valence-corrected chi connectivity index (χ2v) is 5.14. The highest BCUT2D eigenvalue weighted by Crippen LogP contribution is 2.29. The molecule has 0 bridgehead atoms. The van der Waals surface area contributed by atoms with Crippen molar-refractivity contribution in [2.24, 2.45) is 0 Å². The van der Waals surface area contributed by atoms with Crippen molar-refractivity contribution in [2.45, 2.75) is 18.9 Å². The summed E-state index contributed by atoms with van der Waals surface area (Å²) in [6.45, 7) is 0.762. The van der Waals surface area contributed by atoms with E-state index in [0.29, 0.717) is 5.82 Å². The summed E-state index contributed by atoms with van der Waals surface area (Å²) in [4.78, 5) is 18.1. The number of hydrogen-bond donors (Lipinski definition) is 2. The zero-order valence-corrected chi connectivity index (χ0v) is 11.7. The highest BCUT2D eigenvalue weighted by molar-refractivity contribution is 5.92. The standard InChI is InChI=1S/C14H15F2N5O/c15-9-3-1-4-10(16)13(9)19-12(22)7-21-6-2-5-11(21)14-17-8-18-20-14/h1,3-4,8,11H,2,5-7H2,(H,19,22)(H,17,18,20)/t11-/m0/s1. The highest BCUT2D eigenvalue weighted by atomic mass is 19.1. The third kappa shape index (κ3) is 2.96. The Labute approximate surface area is 125 Å². The van der Waals surface area contributed by atoms with Crippen molar-refractivity contribution in [3.63, 3.8) is 0 Å². The molecule has 0 unspecified atom stereocenters. The monoisotopic (exact) mass is 307 g/mol. The van der Waals surface area contributed by atoms with Gasteiger partial charge in [0, 0.05) is 0 Å². The Kier molecular flexibility index (Phi) is 4.10. The number of carbonyl (C=O) groups is 1. The molecule has 0 radical (unpaired) electrons. The average molecular weight is 307 g/mol. The number of aromatic amines is 1. The first kappa shape index (κ1) is 14.6. The highest BCUT2D eigenvalue weighted by Gasteiger charge is 2.29. The lowest BCUT2D eigenvalue weighted by Crippen LogP contribution is -2.33. The second kappa shape index (κ2) is 6.18. The van der Waals surface area contributed by atoms with Gasteiger partial charge in [-0.15, -0.1) is 0 Å². The number of para-hydroxylation sites is 1. The van der Waals surface area contributed by atoms with E-state index in [-0.39, 0.29) is 12.6 Å². The molecule has 3 rings (SSSR count). The van der Waals surface area contributed by atoms with Crippen LogP contribution in [0.3, 0.4) is 0 Å². The molecular weight excluding hydrogens is 292 g/mol. The largest absolute Gasteiger partial charge is 0.320 e. The van der Waals surface area contributed by atoms with Crippen molar-refractivity contribution in [3.8, 4) is 0 Å². The van der Waals surface area contributed by atoms with Crippen molar-refractivity contribution >= 4 is 11.6 Å². The van der Waals surface area contributed by atoms with Gasteiger partial charge < -0.3 is 5.32 Å². The van der Waals surface area contributed by atoms with Crippen LogP contribution in [0.1, 0.15) is 24.7 Å². The maximum absolute atomic E-state index is 13.5. The van der Waals surface area contributed by atoms with Crippen LogP contribution in [0.15, 0.2) is 24.5 Å². The molecule has 2 aromatic rings. The Bertz CT molecular complexity index is 641. The molecule has 116 valence electrons. The number of rotatable bonds is 4. The molecule has 8 heteroatoms. The molecule has 1 aliphatic heterocycles. The Morgan fingerprint density at radius 1 is 1.41 bits per heavy atom. The molecule has 22 heavy (non-hydrogen) atoms. The van der Waals surface area contributed by atoms with Crippen molar-refractivity contribution in [1.82, 2.24) is 20.1 Å². The summed E-state index contributed by atoms with van der Waals surface area (Å²) in [5, 5.41) is 8.90. The molecule has 0 spiro atoms. The van der Waals surface area contributed by atoms with Gasteiger partial charge in [-0.25, -0.2) is 13.8 Å². The van der Waals surface area contributed by atoms with Crippen molar-refractivity contribution in [2.75, 3.05) is 18.4 Å². The predicted octanol–water partition coefficient (Wildman–Crippen LogP) is 1.86. The lowest BCUT2D eigenvalue weighted by atomic mass is 10.2. The molecule has 1 aliphatic rings. The van der Waals surface area contributed by atoms with Crippen LogP contribution in [0.4, 0.5) is 14.5 Å². The fourth-order valence-electron chi connectivity index (χ4n) is 2.68. The van der Waals surface area contributed by atoms with Gasteiger partial charge in [-0.1, -0.05) is 6.07 Å². The van der Waals surface area contributed by atoms with E-state index in [1.54, 1.807) is 0 Å². The quantitative estimate of drug-likeness (QED) is 0.904. The zero-order chi connectivity index (χ0) is 15.5. The summed E-state index contributed by atoms with van der Waals surface area (Å²) in [5.41, 5.74) is -0.414. The zero-order valence-electron chi connectivity index (χ0n) is 11.7. The molecule has 1 atom stereocenters. The Morgan fingerprint density at radius 3 is 2.86 bits per heavy atom. The number of amides is 1. The van der Waals surface area contributed by atoms with Crippen LogP contribution < -0.4 is 5.32 Å². The van der Waals surface area contributed by atoms with E-state index in [4.69, 9.17) is 0 Å². The van der Waals surface area contributed by atoms with Gasteiger partial charge in [-0.2, -0.15) is 5.10 Å². The molecule has 6 nitrogen and oxygen atoms in total. The number of aromatic nitrogens is 3. The SMILES string of the molecule is O=C(CN1CCC[C@H]1c1ncn[nH]1)Nc1c(F)cccc1F. The van der Waals surface area contributed by atoms with Gasteiger partial charge in [0.05, 0.1) is 12.6 Å². The van der Waals surface area contributed by atoms with Crippen molar-refractivity contribution in [3.05, 3.63) is 42.0 Å². The molecule has 1 amide bonds. The first-order chi connectivity index (χ1) is 10.6. The minimum Gasteiger partial charge on any atom is -0.320 e. The summed E-state index contributed by atoms with van der Waals surface area (Å²) in [6, 6.07) is 3.43. The van der Waals surface area contributed by atoms with Gasteiger partial charge in [0.15, 0.2) is 0 Å². The number of anilines is 1. The van der Waals surface area contributed by atoms with Gasteiger partial charge in [0.25, 0.3) is 0 Å². The van der Waals surface area contributed by atoms with Crippen LogP contribution in [0.25, 0.3) is 0 Å². The number of halogens is 2. The average Bonchev–Trinajstić information content (AvgIpc) is 3.13. The fraction of sp³-hybridized carbons (Fsp3) is 0.357. The summed E-state index contributed by atoms with van der Waals surface area (Å²) in [5.74, 6) is -1.35. The maximum atomic E-state index is 13.5. The molecule has 1 fully saturated rings. The van der Waals surface area contributed by atoms with E-state index < -0.39 is 23.2 Å². The Hall–Kier alpha value is -2.35. The van der Waals surface area contributed by atoms with Gasteiger partial charge in [-0.3, -0.25) is 14.8 Å². The summed E-state index contributed by atoms with van der Waals surface area (Å²) < 4.78 is 27.1. The predicted molar refractivity (Wildman–Crippen MR) is 74.9 cm³/mol. The van der Waals surface area contributed by atoms with Crippen LogP contribution in [0.5, 0.6) is 0 Å². The lowest BCUT2D eigenvalue weighted by molar-refractivity contribution is -0.117. The van der Waals surface area contributed by atoms with E-state index in [2.05, 4.69) is 20.5 Å². The Balaban J connectivity index is 1.67. The molecule has 0 aliphatic carbocycles. The molecular formula is C14H15F2N5O. The minimum absolute atomic E-state index is 0.0290. The molecule has 0 saturated carbocycles. The van der Waals surface area contributed by atoms with E-state index >= 15 is 0 Å². The number of likely N-dealkylation sites (tertiary alicyclic amines) is 1. The van der Waals surface area contributed by atoms with Crippen LogP contribution in [0, 0.1) is 11.6 Å². The summed E-state index contributed by atoms with van der Waals surface area (Å²) >= 11 is 0. The number of nitrogens with one attached hydrogen (secondary N) is 2. The summed E-state index contributed by atoms with van der Waals surface area (Å²) in [7, 11) is 0. The summed E-state index contributed by atoms with van der Waals surface area (Å²) in [6.07, 6.45) is 3.20. The van der Waals surface area contributed by atoms with Crippen molar-refractivity contribution < 1.29 is 13.6 Å². The Morgan fingerprint density at radius 2 is 2.18 bits per heavy atom. The third-order valence-corrected chi connectivity index (χ3v) is 3.69. The van der Waals surface area contributed by atoms with Crippen molar-refractivity contribution in [1.29, 1.82) is 0 Å². The van der Waals surface area contributed by atoms with Crippen LogP contribution >= 0.6 is 0 Å². The molecule has 1 aromatic carbocycles. The number of nitrogens with zero attached hydrogens (tertiary/aromatic N) is 3. The normalized spacial score (nSPS) is 18.5. The van der Waals surface area contributed by atoms with E-state index in [1.807, 2.05) is 4.90 Å². The lowest BCUT2D eigenvalue weighted by Gasteiger charge is -2.21. The topological polar surface area (TPSA) is 73.9 Å². The first-order valence-electron chi connectivity index (χ1n) is 6.98. The second-order valence-electron chi connectivity index (χ2n) is 5.14. The maximum Gasteiger partial charge on any atom is 0.238 e.